The zero-order chi connectivity index (χ0) is 14.2. The summed E-state index contributed by atoms with van der Waals surface area (Å²) in [5.41, 5.74) is 4.00. The van der Waals surface area contributed by atoms with Gasteiger partial charge in [-0.1, -0.05) is 75.2 Å². The SMILES string of the molecule is Cc1cccc(CSSSSCc2cccc(Cl)c2)c1. The predicted molar refractivity (Wildman–Crippen MR) is 100 cm³/mol. The first-order valence-electron chi connectivity index (χ1n) is 6.12. The monoisotopic (exact) mass is 358 g/mol. The Morgan fingerprint density at radius 2 is 1.45 bits per heavy atom. The normalized spacial score (nSPS) is 10.7. The first kappa shape index (κ1) is 16.5. The first-order valence-corrected chi connectivity index (χ1v) is 11.6. The van der Waals surface area contributed by atoms with Crippen molar-refractivity contribution in [2.45, 2.75) is 18.4 Å². The number of halogens is 1. The van der Waals surface area contributed by atoms with Crippen molar-refractivity contribution in [1.82, 2.24) is 0 Å². The molecule has 0 bridgehead atoms. The second-order valence-electron chi connectivity index (χ2n) is 4.28. The number of hydrogen-bond donors (Lipinski definition) is 0. The van der Waals surface area contributed by atoms with Crippen molar-refractivity contribution in [2.24, 2.45) is 0 Å². The molecule has 0 heterocycles. The van der Waals surface area contributed by atoms with Crippen LogP contribution in [0.25, 0.3) is 0 Å². The van der Waals surface area contributed by atoms with Gasteiger partial charge < -0.3 is 0 Å². The number of benzene rings is 2. The lowest BCUT2D eigenvalue weighted by molar-refractivity contribution is 1.36. The first-order chi connectivity index (χ1) is 9.74. The number of aryl methyl sites for hydroxylation is 1. The van der Waals surface area contributed by atoms with E-state index >= 15 is 0 Å². The van der Waals surface area contributed by atoms with Crippen molar-refractivity contribution < 1.29 is 0 Å². The van der Waals surface area contributed by atoms with Crippen LogP contribution in [0.3, 0.4) is 0 Å². The lowest BCUT2D eigenvalue weighted by Crippen LogP contribution is -1.79. The van der Waals surface area contributed by atoms with Crippen molar-refractivity contribution in [1.29, 1.82) is 0 Å². The zero-order valence-corrected chi connectivity index (χ0v) is 15.1. The molecule has 0 saturated heterocycles. The maximum absolute atomic E-state index is 5.96. The molecule has 106 valence electrons. The van der Waals surface area contributed by atoms with E-state index in [4.69, 9.17) is 11.6 Å². The van der Waals surface area contributed by atoms with Gasteiger partial charge in [0.2, 0.25) is 0 Å². The van der Waals surface area contributed by atoms with Gasteiger partial charge in [-0.25, -0.2) is 0 Å². The summed E-state index contributed by atoms with van der Waals surface area (Å²) in [6.45, 7) is 2.14. The van der Waals surface area contributed by atoms with E-state index in [0.717, 1.165) is 16.5 Å². The Morgan fingerprint density at radius 3 is 2.05 bits per heavy atom. The van der Waals surface area contributed by atoms with Crippen molar-refractivity contribution in [3.05, 3.63) is 70.2 Å². The highest BCUT2D eigenvalue weighted by molar-refractivity contribution is 9.25. The van der Waals surface area contributed by atoms with Gasteiger partial charge in [-0.05, 0) is 49.8 Å². The molecule has 0 aliphatic rings. The van der Waals surface area contributed by atoms with E-state index < -0.39 is 0 Å². The fraction of sp³-hybridized carbons (Fsp3) is 0.200. The molecule has 2 aromatic carbocycles. The van der Waals surface area contributed by atoms with Crippen LogP contribution in [-0.4, -0.2) is 0 Å². The van der Waals surface area contributed by atoms with Gasteiger partial charge in [-0.3, -0.25) is 0 Å². The maximum Gasteiger partial charge on any atom is 0.0409 e. The van der Waals surface area contributed by atoms with E-state index in [0.29, 0.717) is 0 Å². The van der Waals surface area contributed by atoms with Crippen molar-refractivity contribution in [3.63, 3.8) is 0 Å². The minimum Gasteiger partial charge on any atom is -0.0843 e. The van der Waals surface area contributed by atoms with Crippen LogP contribution in [0.2, 0.25) is 5.02 Å². The molecule has 0 nitrogen and oxygen atoms in total. The molecule has 0 aliphatic heterocycles. The average molecular weight is 359 g/mol. The Hall–Kier alpha value is 0.130. The molecule has 0 spiro atoms. The third-order valence-electron chi connectivity index (χ3n) is 2.55. The molecule has 0 fully saturated rings. The third-order valence-corrected chi connectivity index (χ3v) is 9.12. The average Bonchev–Trinajstić information content (AvgIpc) is 2.43. The van der Waals surface area contributed by atoms with E-state index in [1.807, 2.05) is 59.4 Å². The summed E-state index contributed by atoms with van der Waals surface area (Å²) in [4.78, 5) is 0. The highest BCUT2D eigenvalue weighted by Crippen LogP contribution is 2.45. The van der Waals surface area contributed by atoms with Crippen LogP contribution in [0.1, 0.15) is 16.7 Å². The van der Waals surface area contributed by atoms with Crippen molar-refractivity contribution >= 4 is 52.8 Å². The zero-order valence-electron chi connectivity index (χ0n) is 11.0. The Labute approximate surface area is 141 Å². The highest BCUT2D eigenvalue weighted by atomic mass is 35.5. The van der Waals surface area contributed by atoms with E-state index in [9.17, 15) is 0 Å². The fourth-order valence-corrected chi connectivity index (χ4v) is 7.71. The maximum atomic E-state index is 5.96. The minimum atomic E-state index is 0.814. The largest absolute Gasteiger partial charge is 0.0843 e. The molecule has 0 unspecified atom stereocenters. The predicted octanol–water partition coefficient (Wildman–Crippen LogP) is 7.03. The number of rotatable bonds is 7. The van der Waals surface area contributed by atoms with Gasteiger partial charge in [0.05, 0.1) is 0 Å². The second-order valence-corrected chi connectivity index (χ2v) is 10.7. The van der Waals surface area contributed by atoms with Crippen LogP contribution in [0, 0.1) is 6.92 Å². The summed E-state index contributed by atoms with van der Waals surface area (Å²) in [5, 5.41) is 0.814. The summed E-state index contributed by atoms with van der Waals surface area (Å²) in [6, 6.07) is 16.7. The quantitative estimate of drug-likeness (QED) is 0.384. The molecule has 0 aliphatic carbocycles. The molecular weight excluding hydrogens is 344 g/mol. The summed E-state index contributed by atoms with van der Waals surface area (Å²) in [5.74, 6) is 2.04. The molecular formula is C15H15ClS4. The molecule has 0 N–H and O–H groups in total. The Morgan fingerprint density at radius 1 is 0.850 bits per heavy atom. The lowest BCUT2D eigenvalue weighted by atomic mass is 10.2. The van der Waals surface area contributed by atoms with Crippen LogP contribution in [-0.2, 0) is 11.5 Å². The van der Waals surface area contributed by atoms with Gasteiger partial charge in [-0.15, -0.1) is 0 Å². The summed E-state index contributed by atoms with van der Waals surface area (Å²) >= 11 is 5.96. The molecule has 0 amide bonds. The van der Waals surface area contributed by atoms with Gasteiger partial charge >= 0.3 is 0 Å². The summed E-state index contributed by atoms with van der Waals surface area (Å²) in [7, 11) is 7.41. The fourth-order valence-electron chi connectivity index (χ4n) is 1.65. The molecule has 0 atom stereocenters. The minimum absolute atomic E-state index is 0.814. The molecule has 5 heteroatoms. The van der Waals surface area contributed by atoms with E-state index in [1.165, 1.54) is 16.7 Å². The molecule has 20 heavy (non-hydrogen) atoms. The molecule has 0 radical (unpaired) electrons. The second kappa shape index (κ2) is 9.21. The standard InChI is InChI=1S/C15H15ClS4/c1-12-4-2-5-13(8-12)10-17-19-20-18-11-14-6-3-7-15(16)9-14/h2-9H,10-11H2,1H3. The van der Waals surface area contributed by atoms with Gasteiger partial charge in [0.25, 0.3) is 0 Å². The van der Waals surface area contributed by atoms with Crippen LogP contribution in [0.5, 0.6) is 0 Å². The van der Waals surface area contributed by atoms with Crippen LogP contribution >= 0.6 is 52.8 Å². The van der Waals surface area contributed by atoms with Crippen LogP contribution in [0.4, 0.5) is 0 Å². The van der Waals surface area contributed by atoms with Gasteiger partial charge in [-0.2, -0.15) is 0 Å². The Kier molecular flexibility index (Phi) is 7.60. The molecule has 0 saturated carbocycles. The van der Waals surface area contributed by atoms with Crippen LogP contribution < -0.4 is 0 Å². The van der Waals surface area contributed by atoms with Crippen molar-refractivity contribution in [3.8, 4) is 0 Å². The molecule has 2 aromatic rings. The van der Waals surface area contributed by atoms with Crippen LogP contribution in [0.15, 0.2) is 48.5 Å². The van der Waals surface area contributed by atoms with Gasteiger partial charge in [0, 0.05) is 16.5 Å². The topological polar surface area (TPSA) is 0 Å². The smallest absolute Gasteiger partial charge is 0.0409 e. The molecule has 0 aromatic heterocycles. The van der Waals surface area contributed by atoms with Gasteiger partial charge in [0.15, 0.2) is 0 Å². The highest BCUT2D eigenvalue weighted by Gasteiger charge is 1.98. The van der Waals surface area contributed by atoms with Crippen molar-refractivity contribution in [2.75, 3.05) is 0 Å². The van der Waals surface area contributed by atoms with E-state index in [1.54, 1.807) is 0 Å². The van der Waals surface area contributed by atoms with Gasteiger partial charge in [0.1, 0.15) is 0 Å². The Bertz CT molecular complexity index is 495. The molecule has 2 rings (SSSR count). The van der Waals surface area contributed by atoms with E-state index in [2.05, 4.69) is 37.3 Å². The number of hydrogen-bond acceptors (Lipinski definition) is 4. The lowest BCUT2D eigenvalue weighted by Gasteiger charge is -2.03. The summed E-state index contributed by atoms with van der Waals surface area (Å²) in [6.07, 6.45) is 0. The summed E-state index contributed by atoms with van der Waals surface area (Å²) < 4.78 is 0. The Balaban J connectivity index is 1.60. The third kappa shape index (κ3) is 6.27. The van der Waals surface area contributed by atoms with E-state index in [-0.39, 0.29) is 0 Å².